The maximum Gasteiger partial charge on any atom is 0.193 e. The lowest BCUT2D eigenvalue weighted by molar-refractivity contribution is 0.477. The Morgan fingerprint density at radius 3 is 2.74 bits per heavy atom. The summed E-state index contributed by atoms with van der Waals surface area (Å²) in [5, 5.41) is 4.46. The number of nitrogens with one attached hydrogen (secondary N) is 1. The van der Waals surface area contributed by atoms with Crippen molar-refractivity contribution in [2.45, 2.75) is 37.1 Å². The van der Waals surface area contributed by atoms with Crippen LogP contribution in [0.1, 0.15) is 28.4 Å². The first-order valence-electron chi connectivity index (χ1n) is 9.00. The Morgan fingerprint density at radius 1 is 1.30 bits per heavy atom. The average Bonchev–Trinajstić information content (AvgIpc) is 3.07. The molecule has 0 amide bonds. The molecule has 5 nitrogen and oxygen atoms in total. The van der Waals surface area contributed by atoms with Gasteiger partial charge >= 0.3 is 0 Å². The number of aliphatic imine (C=N–C) groups is 1. The van der Waals surface area contributed by atoms with Crippen molar-refractivity contribution in [3.05, 3.63) is 45.9 Å². The van der Waals surface area contributed by atoms with E-state index in [4.69, 9.17) is 4.98 Å². The van der Waals surface area contributed by atoms with E-state index < -0.39 is 10.8 Å². The van der Waals surface area contributed by atoms with Crippen LogP contribution in [0.25, 0.3) is 0 Å². The molecule has 148 valence electrons. The maximum absolute atomic E-state index is 12.3. The summed E-state index contributed by atoms with van der Waals surface area (Å²) in [6.07, 6.45) is 4.84. The van der Waals surface area contributed by atoms with Gasteiger partial charge in [0.2, 0.25) is 0 Å². The van der Waals surface area contributed by atoms with Crippen LogP contribution in [-0.2, 0) is 30.2 Å². The van der Waals surface area contributed by atoms with Crippen LogP contribution in [0.5, 0.6) is 0 Å². The number of aromatic nitrogens is 1. The number of nitrogens with zero attached hydrogens (tertiary/aromatic N) is 3. The number of benzene rings is 1. The maximum atomic E-state index is 12.3. The molecule has 1 aliphatic carbocycles. The van der Waals surface area contributed by atoms with Crippen molar-refractivity contribution in [1.29, 1.82) is 0 Å². The lowest BCUT2D eigenvalue weighted by Crippen LogP contribution is -2.40. The van der Waals surface area contributed by atoms with E-state index in [1.165, 1.54) is 29.8 Å². The monoisotopic (exact) mass is 518 g/mol. The third-order valence-corrected chi connectivity index (χ3v) is 6.93. The van der Waals surface area contributed by atoms with Gasteiger partial charge in [-0.1, -0.05) is 18.2 Å². The second-order valence-electron chi connectivity index (χ2n) is 6.38. The lowest BCUT2D eigenvalue weighted by Gasteiger charge is -2.21. The van der Waals surface area contributed by atoms with Crippen LogP contribution in [0.4, 0.5) is 0 Å². The fraction of sp³-hybridized carbons (Fsp3) is 0.474. The summed E-state index contributed by atoms with van der Waals surface area (Å²) in [4.78, 5) is 13.6. The van der Waals surface area contributed by atoms with Crippen molar-refractivity contribution in [2.75, 3.05) is 26.4 Å². The van der Waals surface area contributed by atoms with Crippen molar-refractivity contribution in [1.82, 2.24) is 15.2 Å². The van der Waals surface area contributed by atoms with Gasteiger partial charge in [0.05, 0.1) is 23.0 Å². The molecule has 1 aromatic heterocycles. The number of fused-ring (bicyclic) bond motifs is 1. The number of hydrogen-bond donors (Lipinski definition) is 1. The van der Waals surface area contributed by atoms with Gasteiger partial charge in [-0.2, -0.15) is 0 Å². The summed E-state index contributed by atoms with van der Waals surface area (Å²) >= 11 is 1.83. The molecule has 1 aromatic carbocycles. The summed E-state index contributed by atoms with van der Waals surface area (Å²) in [5.41, 5.74) is 1.30. The van der Waals surface area contributed by atoms with Crippen molar-refractivity contribution < 1.29 is 4.21 Å². The van der Waals surface area contributed by atoms with E-state index in [0.717, 1.165) is 28.8 Å². The predicted octanol–water partition coefficient (Wildman–Crippen LogP) is 3.45. The van der Waals surface area contributed by atoms with Crippen molar-refractivity contribution in [3.63, 3.8) is 0 Å². The first kappa shape index (κ1) is 22.3. The van der Waals surface area contributed by atoms with Gasteiger partial charge in [0, 0.05) is 36.2 Å². The molecular weight excluding hydrogens is 491 g/mol. The Morgan fingerprint density at radius 2 is 2.04 bits per heavy atom. The zero-order valence-electron chi connectivity index (χ0n) is 15.8. The van der Waals surface area contributed by atoms with Gasteiger partial charge in [-0.15, -0.1) is 35.3 Å². The van der Waals surface area contributed by atoms with E-state index in [0.29, 0.717) is 12.3 Å². The highest BCUT2D eigenvalue weighted by Gasteiger charge is 2.17. The van der Waals surface area contributed by atoms with E-state index in [9.17, 15) is 4.21 Å². The Bertz CT molecular complexity index is 756. The van der Waals surface area contributed by atoms with Gasteiger partial charge in [-0.25, -0.2) is 4.98 Å². The molecule has 0 radical (unpaired) electrons. The molecule has 1 N–H and O–H groups in total. The Labute approximate surface area is 185 Å². The van der Waals surface area contributed by atoms with Gasteiger partial charge in [0.15, 0.2) is 5.96 Å². The number of aryl methyl sites for hydroxylation is 2. The molecule has 2 aromatic rings. The largest absolute Gasteiger partial charge is 0.355 e. The molecule has 0 fully saturated rings. The zero-order valence-corrected chi connectivity index (χ0v) is 19.8. The highest BCUT2D eigenvalue weighted by atomic mass is 127. The minimum Gasteiger partial charge on any atom is -0.355 e. The SMILES string of the molecule is CN=C(NCCS(=O)c1ccccc1)N(C)Cc1nc2c(s1)CCCC2.I. The molecule has 1 heterocycles. The Kier molecular flexibility index (Phi) is 9.17. The minimum absolute atomic E-state index is 0. The van der Waals surface area contributed by atoms with Crippen LogP contribution in [-0.4, -0.2) is 46.4 Å². The van der Waals surface area contributed by atoms with E-state index in [-0.39, 0.29) is 24.0 Å². The molecule has 27 heavy (non-hydrogen) atoms. The number of guanidine groups is 1. The van der Waals surface area contributed by atoms with Crippen LogP contribution in [0.2, 0.25) is 0 Å². The molecule has 1 aliphatic rings. The van der Waals surface area contributed by atoms with Crippen molar-refractivity contribution in [2.24, 2.45) is 4.99 Å². The van der Waals surface area contributed by atoms with E-state index >= 15 is 0 Å². The summed E-state index contributed by atoms with van der Waals surface area (Å²) < 4.78 is 12.3. The molecule has 0 bridgehead atoms. The first-order valence-corrected chi connectivity index (χ1v) is 11.1. The Hall–Kier alpha value is -1.00. The fourth-order valence-corrected chi connectivity index (χ4v) is 5.28. The molecule has 0 saturated heterocycles. The van der Waals surface area contributed by atoms with Crippen LogP contribution < -0.4 is 5.32 Å². The topological polar surface area (TPSA) is 57.6 Å². The third kappa shape index (κ3) is 6.25. The quantitative estimate of drug-likeness (QED) is 0.362. The summed E-state index contributed by atoms with van der Waals surface area (Å²) in [6, 6.07) is 9.58. The molecule has 1 unspecified atom stereocenters. The van der Waals surface area contributed by atoms with E-state index in [2.05, 4.69) is 15.2 Å². The van der Waals surface area contributed by atoms with Gasteiger partial charge in [0.1, 0.15) is 5.01 Å². The number of hydrogen-bond acceptors (Lipinski definition) is 4. The second kappa shape index (κ2) is 11.1. The number of thiazole rings is 1. The van der Waals surface area contributed by atoms with Gasteiger partial charge in [-0.05, 0) is 37.8 Å². The molecule has 0 spiro atoms. The molecule has 0 aliphatic heterocycles. The molecular formula is C19H27IN4OS2. The second-order valence-corrected chi connectivity index (χ2v) is 9.12. The van der Waals surface area contributed by atoms with Crippen molar-refractivity contribution >= 4 is 52.1 Å². The standard InChI is InChI=1S/C19H26N4OS2.HI/c1-20-19(21-12-13-26(24)15-8-4-3-5-9-15)23(2)14-18-22-16-10-6-7-11-17(16)25-18;/h3-5,8-9H,6-7,10-14H2,1-2H3,(H,20,21);1H. The number of rotatable bonds is 6. The van der Waals surface area contributed by atoms with Gasteiger partial charge in [0.25, 0.3) is 0 Å². The van der Waals surface area contributed by atoms with Crippen LogP contribution in [0.3, 0.4) is 0 Å². The van der Waals surface area contributed by atoms with Crippen LogP contribution in [0, 0.1) is 0 Å². The summed E-state index contributed by atoms with van der Waals surface area (Å²) in [7, 11) is 2.80. The Balaban J connectivity index is 0.00000261. The molecule has 1 atom stereocenters. The van der Waals surface area contributed by atoms with Gasteiger partial charge in [-0.3, -0.25) is 9.20 Å². The van der Waals surface area contributed by atoms with Crippen LogP contribution >= 0.6 is 35.3 Å². The van der Waals surface area contributed by atoms with Gasteiger partial charge < -0.3 is 10.2 Å². The highest BCUT2D eigenvalue weighted by Crippen LogP contribution is 2.27. The van der Waals surface area contributed by atoms with E-state index in [1.807, 2.05) is 48.7 Å². The molecule has 3 rings (SSSR count). The molecule has 0 saturated carbocycles. The smallest absolute Gasteiger partial charge is 0.193 e. The van der Waals surface area contributed by atoms with Crippen LogP contribution in [0.15, 0.2) is 40.2 Å². The summed E-state index contributed by atoms with van der Waals surface area (Å²) in [6.45, 7) is 1.37. The van der Waals surface area contributed by atoms with E-state index in [1.54, 1.807) is 7.05 Å². The lowest BCUT2D eigenvalue weighted by atomic mass is 10.0. The van der Waals surface area contributed by atoms with Crippen molar-refractivity contribution in [3.8, 4) is 0 Å². The summed E-state index contributed by atoms with van der Waals surface area (Å²) in [5.74, 6) is 1.37. The predicted molar refractivity (Wildman–Crippen MR) is 125 cm³/mol. The third-order valence-electron chi connectivity index (χ3n) is 4.41. The zero-order chi connectivity index (χ0) is 18.4. The average molecular weight is 518 g/mol. The fourth-order valence-electron chi connectivity index (χ4n) is 3.08. The number of halogens is 1. The minimum atomic E-state index is -0.995. The first-order chi connectivity index (χ1) is 12.7. The highest BCUT2D eigenvalue weighted by molar-refractivity contribution is 14.0. The normalized spacial score (nSPS) is 14.8. The molecule has 8 heteroatoms.